The van der Waals surface area contributed by atoms with Crippen molar-refractivity contribution < 1.29 is 18.1 Å². The van der Waals surface area contributed by atoms with Gasteiger partial charge in [-0.25, -0.2) is 0 Å². The fourth-order valence-corrected chi connectivity index (χ4v) is 1.78. The van der Waals surface area contributed by atoms with Crippen molar-refractivity contribution in [3.05, 3.63) is 27.5 Å². The lowest BCUT2D eigenvalue weighted by Gasteiger charge is -2.06. The summed E-state index contributed by atoms with van der Waals surface area (Å²) in [6, 6.07) is 2.49. The first kappa shape index (κ1) is 12.2. The van der Waals surface area contributed by atoms with Crippen LogP contribution in [0.2, 0.25) is 0 Å². The number of nitrogens with zero attached hydrogens (tertiary/aromatic N) is 2. The molecule has 0 aliphatic carbocycles. The zero-order chi connectivity index (χ0) is 12.5. The van der Waals surface area contributed by atoms with Gasteiger partial charge in [0, 0.05) is 13.1 Å². The van der Waals surface area contributed by atoms with Crippen LogP contribution >= 0.6 is 0 Å². The molecule has 16 heavy (non-hydrogen) atoms. The van der Waals surface area contributed by atoms with Gasteiger partial charge in [0.15, 0.2) is 5.88 Å². The van der Waals surface area contributed by atoms with E-state index in [1.807, 2.05) is 0 Å². The van der Waals surface area contributed by atoms with Crippen LogP contribution in [0.1, 0.15) is 11.1 Å². The summed E-state index contributed by atoms with van der Waals surface area (Å²) in [7, 11) is -3.13. The molecule has 0 saturated carbocycles. The van der Waals surface area contributed by atoms with Gasteiger partial charge < -0.3 is 5.11 Å². The monoisotopic (exact) mass is 244 g/mol. The quantitative estimate of drug-likeness (QED) is 0.667. The van der Waals surface area contributed by atoms with Crippen LogP contribution in [-0.2, 0) is 22.9 Å². The molecule has 0 atom stereocenters. The minimum atomic E-state index is -4.37. The standard InChI is InChI=1S/C8H8N2O5S/c1-10-7(11)2-5(4-16(13,14)15)6(3-9)8(10)12/h2,11H,4H2,1H3,(H,13,14,15). The maximum absolute atomic E-state index is 11.4. The summed E-state index contributed by atoms with van der Waals surface area (Å²) in [4.78, 5) is 11.4. The van der Waals surface area contributed by atoms with Crippen LogP contribution in [0.25, 0.3) is 0 Å². The van der Waals surface area contributed by atoms with Crippen LogP contribution in [0.4, 0.5) is 0 Å². The van der Waals surface area contributed by atoms with Crippen LogP contribution in [-0.4, -0.2) is 22.6 Å². The molecular weight excluding hydrogens is 236 g/mol. The number of pyridine rings is 1. The summed E-state index contributed by atoms with van der Waals surface area (Å²) in [6.45, 7) is 0. The molecule has 86 valence electrons. The molecule has 2 N–H and O–H groups in total. The van der Waals surface area contributed by atoms with Crippen LogP contribution in [0, 0.1) is 11.3 Å². The molecule has 1 aromatic heterocycles. The fraction of sp³-hybridized carbons (Fsp3) is 0.250. The van der Waals surface area contributed by atoms with E-state index in [2.05, 4.69) is 0 Å². The summed E-state index contributed by atoms with van der Waals surface area (Å²) in [5.74, 6) is -1.37. The second-order valence-corrected chi connectivity index (χ2v) is 4.56. The normalized spacial score (nSPS) is 11.1. The van der Waals surface area contributed by atoms with Crippen molar-refractivity contribution in [3.63, 3.8) is 0 Å². The van der Waals surface area contributed by atoms with Crippen LogP contribution in [0.5, 0.6) is 5.88 Å². The number of rotatable bonds is 2. The Balaban J connectivity index is 3.54. The van der Waals surface area contributed by atoms with E-state index in [-0.39, 0.29) is 5.56 Å². The van der Waals surface area contributed by atoms with E-state index in [9.17, 15) is 18.3 Å². The highest BCUT2D eigenvalue weighted by Crippen LogP contribution is 2.14. The van der Waals surface area contributed by atoms with E-state index in [4.69, 9.17) is 9.81 Å². The number of nitriles is 1. The summed E-state index contributed by atoms with van der Waals surface area (Å²) in [5.41, 5.74) is -1.47. The molecule has 0 unspecified atom stereocenters. The summed E-state index contributed by atoms with van der Waals surface area (Å²) >= 11 is 0. The molecule has 0 aliphatic rings. The molecule has 0 amide bonds. The fourth-order valence-electron chi connectivity index (χ4n) is 1.16. The minimum absolute atomic E-state index is 0.231. The Labute approximate surface area is 90.9 Å². The van der Waals surface area contributed by atoms with Gasteiger partial charge >= 0.3 is 0 Å². The zero-order valence-electron chi connectivity index (χ0n) is 8.21. The molecule has 0 aliphatic heterocycles. The van der Waals surface area contributed by atoms with Gasteiger partial charge in [0.2, 0.25) is 0 Å². The molecule has 1 heterocycles. The maximum Gasteiger partial charge on any atom is 0.271 e. The first-order valence-electron chi connectivity index (χ1n) is 4.03. The molecule has 1 aromatic rings. The smallest absolute Gasteiger partial charge is 0.271 e. The lowest BCUT2D eigenvalue weighted by atomic mass is 10.2. The second-order valence-electron chi connectivity index (χ2n) is 3.10. The van der Waals surface area contributed by atoms with Crippen molar-refractivity contribution in [3.8, 4) is 11.9 Å². The van der Waals surface area contributed by atoms with E-state index >= 15 is 0 Å². The van der Waals surface area contributed by atoms with E-state index in [0.29, 0.717) is 0 Å². The van der Waals surface area contributed by atoms with Crippen molar-refractivity contribution >= 4 is 10.1 Å². The Morgan fingerprint density at radius 1 is 1.56 bits per heavy atom. The van der Waals surface area contributed by atoms with Crippen molar-refractivity contribution in [1.82, 2.24) is 4.57 Å². The van der Waals surface area contributed by atoms with Crippen LogP contribution in [0.15, 0.2) is 10.9 Å². The Bertz CT molecular complexity index is 623. The van der Waals surface area contributed by atoms with Gasteiger partial charge in [-0.15, -0.1) is 0 Å². The third-order valence-electron chi connectivity index (χ3n) is 1.94. The third kappa shape index (κ3) is 2.39. The van der Waals surface area contributed by atoms with Crippen molar-refractivity contribution in [2.45, 2.75) is 5.75 Å². The van der Waals surface area contributed by atoms with Gasteiger partial charge in [0.25, 0.3) is 15.7 Å². The van der Waals surface area contributed by atoms with Crippen molar-refractivity contribution in [2.24, 2.45) is 7.05 Å². The Morgan fingerprint density at radius 3 is 2.56 bits per heavy atom. The predicted octanol–water partition coefficient (Wildman–Crippen LogP) is -0.650. The molecule has 0 spiro atoms. The highest BCUT2D eigenvalue weighted by molar-refractivity contribution is 7.85. The van der Waals surface area contributed by atoms with Gasteiger partial charge in [-0.2, -0.15) is 13.7 Å². The molecule has 0 radical (unpaired) electrons. The Kier molecular flexibility index (Phi) is 3.02. The van der Waals surface area contributed by atoms with E-state index in [0.717, 1.165) is 10.6 Å². The van der Waals surface area contributed by atoms with Gasteiger partial charge in [-0.05, 0) is 5.56 Å². The van der Waals surface area contributed by atoms with Crippen LogP contribution in [0.3, 0.4) is 0 Å². The first-order chi connectivity index (χ1) is 7.26. The number of aromatic hydroxyl groups is 1. The van der Waals surface area contributed by atoms with E-state index in [1.54, 1.807) is 0 Å². The largest absolute Gasteiger partial charge is 0.494 e. The molecule has 0 bridgehead atoms. The molecular formula is C8H8N2O5S. The third-order valence-corrected chi connectivity index (χ3v) is 2.61. The Morgan fingerprint density at radius 2 is 2.12 bits per heavy atom. The average molecular weight is 244 g/mol. The molecule has 0 fully saturated rings. The summed E-state index contributed by atoms with van der Waals surface area (Å²) in [6.07, 6.45) is 0. The number of hydrogen-bond donors (Lipinski definition) is 2. The molecule has 0 saturated heterocycles. The van der Waals surface area contributed by atoms with Gasteiger partial charge in [-0.1, -0.05) is 0 Å². The van der Waals surface area contributed by atoms with Gasteiger partial charge in [0.1, 0.15) is 17.4 Å². The van der Waals surface area contributed by atoms with Gasteiger partial charge in [-0.3, -0.25) is 13.9 Å². The molecule has 8 heteroatoms. The van der Waals surface area contributed by atoms with Crippen molar-refractivity contribution in [2.75, 3.05) is 0 Å². The highest BCUT2D eigenvalue weighted by atomic mass is 32.2. The summed E-state index contributed by atoms with van der Waals surface area (Å²) in [5, 5.41) is 18.0. The molecule has 1 rings (SSSR count). The first-order valence-corrected chi connectivity index (χ1v) is 5.64. The summed E-state index contributed by atoms with van der Waals surface area (Å²) < 4.78 is 30.7. The zero-order valence-corrected chi connectivity index (χ0v) is 9.02. The minimum Gasteiger partial charge on any atom is -0.494 e. The van der Waals surface area contributed by atoms with Gasteiger partial charge in [0.05, 0.1) is 0 Å². The van der Waals surface area contributed by atoms with E-state index in [1.165, 1.54) is 13.1 Å². The van der Waals surface area contributed by atoms with Crippen LogP contribution < -0.4 is 5.56 Å². The van der Waals surface area contributed by atoms with Crippen molar-refractivity contribution in [1.29, 1.82) is 5.26 Å². The second kappa shape index (κ2) is 3.96. The molecule has 7 nitrogen and oxygen atoms in total. The maximum atomic E-state index is 11.4. The topological polar surface area (TPSA) is 120 Å². The SMILES string of the molecule is Cn1c(O)cc(CS(=O)(=O)O)c(C#N)c1=O. The predicted molar refractivity (Wildman–Crippen MR) is 53.3 cm³/mol. The average Bonchev–Trinajstić information content (AvgIpc) is 2.12. The lowest BCUT2D eigenvalue weighted by molar-refractivity contribution is 0.422. The number of hydrogen-bond acceptors (Lipinski definition) is 5. The lowest BCUT2D eigenvalue weighted by Crippen LogP contribution is -2.22. The van der Waals surface area contributed by atoms with E-state index < -0.39 is 32.9 Å². The number of aromatic nitrogens is 1. The highest BCUT2D eigenvalue weighted by Gasteiger charge is 2.16. The Hall–Kier alpha value is -1.85. The molecule has 0 aromatic carbocycles.